The molecule has 1 rings (SSSR count). The van der Waals surface area contributed by atoms with E-state index in [2.05, 4.69) is 16.4 Å². The minimum Gasteiger partial charge on any atom is -0.261 e. The van der Waals surface area contributed by atoms with Gasteiger partial charge in [0.1, 0.15) is 0 Å². The minimum absolute atomic E-state index is 0.460. The second-order valence-electron chi connectivity index (χ2n) is 3.48. The first-order chi connectivity index (χ1) is 5.64. The molecule has 0 radical (unpaired) electrons. The van der Waals surface area contributed by atoms with Crippen LogP contribution in [0.25, 0.3) is 0 Å². The van der Waals surface area contributed by atoms with Crippen molar-refractivity contribution >= 4 is 20.8 Å². The van der Waals surface area contributed by atoms with E-state index in [1.165, 1.54) is 32.1 Å². The summed E-state index contributed by atoms with van der Waals surface area (Å²) >= 11 is 4.14. The topological polar surface area (TPSA) is 29.1 Å². The van der Waals surface area contributed by atoms with Crippen molar-refractivity contribution in [3.05, 3.63) is 0 Å². The molecule has 1 saturated carbocycles. The van der Waals surface area contributed by atoms with Crippen LogP contribution in [0.4, 0.5) is 0 Å². The molecule has 0 atom stereocenters. The maximum absolute atomic E-state index is 11.6. The molecule has 0 heterocycles. The summed E-state index contributed by atoms with van der Waals surface area (Å²) in [6.45, 7) is 1.92. The predicted molar refractivity (Wildman–Crippen MR) is 59.1 cm³/mol. The smallest absolute Gasteiger partial charge is 0.0184 e. The van der Waals surface area contributed by atoms with E-state index in [0.29, 0.717) is 11.8 Å². The second-order valence-corrected chi connectivity index (χ2v) is 7.71. The van der Waals surface area contributed by atoms with E-state index in [1.54, 1.807) is 0 Å². The Morgan fingerprint density at radius 1 is 1.42 bits per heavy atom. The zero-order valence-corrected chi connectivity index (χ0v) is 9.41. The van der Waals surface area contributed by atoms with E-state index in [4.69, 9.17) is 0 Å². The van der Waals surface area contributed by atoms with E-state index in [9.17, 15) is 4.21 Å². The van der Waals surface area contributed by atoms with Gasteiger partial charge in [-0.2, -0.15) is 0 Å². The van der Waals surface area contributed by atoms with Crippen molar-refractivity contribution < 1.29 is 4.21 Å². The highest BCUT2D eigenvalue weighted by Gasteiger charge is 2.17. The molecule has 1 N–H and O–H groups in total. The number of hydrogen-bond acceptors (Lipinski definition) is 1. The standard InChI is InChI=1S/C8H19NOS2/c1-2-12(10,11)9-8-6-4-3-5-7-8/h8,12H,2-7H2,1H3,(H2,9,10,11). The Morgan fingerprint density at radius 3 is 2.50 bits per heavy atom. The van der Waals surface area contributed by atoms with Crippen molar-refractivity contribution in [2.24, 2.45) is 0 Å². The normalized spacial score (nSPS) is 22.5. The Bertz CT molecular complexity index is 178. The summed E-state index contributed by atoms with van der Waals surface area (Å²) in [7, 11) is -2.30. The van der Waals surface area contributed by atoms with Gasteiger partial charge in [-0.25, -0.2) is 4.72 Å². The van der Waals surface area contributed by atoms with Crippen LogP contribution in [0.15, 0.2) is 0 Å². The van der Waals surface area contributed by atoms with Gasteiger partial charge < -0.3 is 0 Å². The Morgan fingerprint density at radius 2 is 2.00 bits per heavy atom. The van der Waals surface area contributed by atoms with E-state index < -0.39 is 9.15 Å². The average molecular weight is 209 g/mol. The van der Waals surface area contributed by atoms with Crippen molar-refractivity contribution in [1.29, 1.82) is 0 Å². The monoisotopic (exact) mass is 209 g/mol. The summed E-state index contributed by atoms with van der Waals surface area (Å²) in [6, 6.07) is 0.460. The van der Waals surface area contributed by atoms with Gasteiger partial charge in [-0.1, -0.05) is 37.8 Å². The Balaban J connectivity index is 2.34. The van der Waals surface area contributed by atoms with Crippen LogP contribution in [-0.2, 0) is 9.15 Å². The highest BCUT2D eigenvalue weighted by Crippen LogP contribution is 2.20. The summed E-state index contributed by atoms with van der Waals surface area (Å²) in [5, 5.41) is 0. The fourth-order valence-electron chi connectivity index (χ4n) is 1.61. The van der Waals surface area contributed by atoms with E-state index in [1.807, 2.05) is 6.92 Å². The lowest BCUT2D eigenvalue weighted by molar-refractivity contribution is 0.418. The van der Waals surface area contributed by atoms with Gasteiger partial charge in [0.15, 0.2) is 0 Å². The van der Waals surface area contributed by atoms with Crippen LogP contribution >= 0.6 is 11.7 Å². The lowest BCUT2D eigenvalue weighted by Gasteiger charge is -2.28. The van der Waals surface area contributed by atoms with Crippen molar-refractivity contribution in [2.75, 3.05) is 5.75 Å². The van der Waals surface area contributed by atoms with E-state index >= 15 is 0 Å². The summed E-state index contributed by atoms with van der Waals surface area (Å²) in [5.74, 6) is 0.645. The van der Waals surface area contributed by atoms with Crippen LogP contribution in [0, 0.1) is 0 Å². The Labute approximate surface area is 80.9 Å². The third-order valence-corrected chi connectivity index (χ3v) is 5.24. The van der Waals surface area contributed by atoms with Crippen LogP contribution < -0.4 is 4.72 Å². The summed E-state index contributed by atoms with van der Waals surface area (Å²) < 4.78 is 14.8. The molecule has 0 aliphatic heterocycles. The van der Waals surface area contributed by atoms with Gasteiger partial charge in [0, 0.05) is 11.8 Å². The maximum atomic E-state index is 11.6. The second kappa shape index (κ2) is 4.63. The van der Waals surface area contributed by atoms with Crippen molar-refractivity contribution in [3.63, 3.8) is 0 Å². The first-order valence-corrected chi connectivity index (χ1v) is 7.78. The Kier molecular flexibility index (Phi) is 4.06. The van der Waals surface area contributed by atoms with Gasteiger partial charge in [-0.3, -0.25) is 4.21 Å². The summed E-state index contributed by atoms with van der Waals surface area (Å²) in [6.07, 6.45) is 6.22. The first kappa shape index (κ1) is 10.5. The summed E-state index contributed by atoms with van der Waals surface area (Å²) in [4.78, 5) is 0. The molecule has 1 fully saturated rings. The molecule has 0 amide bonds. The number of rotatable bonds is 3. The Hall–Kier alpha value is 0.460. The fourth-order valence-corrected chi connectivity index (χ4v) is 3.11. The van der Waals surface area contributed by atoms with Crippen LogP contribution in [0.3, 0.4) is 0 Å². The van der Waals surface area contributed by atoms with Crippen molar-refractivity contribution in [3.8, 4) is 0 Å². The molecule has 0 aromatic heterocycles. The maximum Gasteiger partial charge on any atom is 0.0184 e. The number of thiol groups is 2. The van der Waals surface area contributed by atoms with Crippen LogP contribution in [0.5, 0.6) is 0 Å². The average Bonchev–Trinajstić information content (AvgIpc) is 2.06. The molecular weight excluding hydrogens is 190 g/mol. The zero-order chi connectivity index (χ0) is 9.03. The van der Waals surface area contributed by atoms with Crippen LogP contribution in [0.1, 0.15) is 39.0 Å². The number of nitrogens with one attached hydrogen (secondary N) is 1. The van der Waals surface area contributed by atoms with Crippen molar-refractivity contribution in [1.82, 2.24) is 4.72 Å². The first-order valence-electron chi connectivity index (χ1n) is 4.73. The lowest BCUT2D eigenvalue weighted by Crippen LogP contribution is -2.38. The molecule has 1 aliphatic carbocycles. The SMILES string of the molecule is CC[SH](=O)(S)NC1CCCCC1. The highest BCUT2D eigenvalue weighted by molar-refractivity contribution is 8.68. The third kappa shape index (κ3) is 3.46. The molecule has 0 unspecified atom stereocenters. The summed E-state index contributed by atoms with van der Waals surface area (Å²) in [5.41, 5.74) is 0. The molecule has 1 aliphatic rings. The van der Waals surface area contributed by atoms with Crippen LogP contribution in [0.2, 0.25) is 0 Å². The molecule has 0 saturated heterocycles. The lowest BCUT2D eigenvalue weighted by atomic mass is 9.96. The largest absolute Gasteiger partial charge is 0.261 e. The number of hydrogen-bond donors (Lipinski definition) is 3. The third-order valence-electron chi connectivity index (χ3n) is 2.42. The van der Waals surface area contributed by atoms with Gasteiger partial charge in [-0.05, 0) is 22.0 Å². The van der Waals surface area contributed by atoms with Gasteiger partial charge in [0.2, 0.25) is 0 Å². The van der Waals surface area contributed by atoms with Gasteiger partial charge >= 0.3 is 0 Å². The molecule has 2 nitrogen and oxygen atoms in total. The fraction of sp³-hybridized carbons (Fsp3) is 1.00. The molecule has 12 heavy (non-hydrogen) atoms. The quantitative estimate of drug-likeness (QED) is 0.479. The molecule has 4 heteroatoms. The molecule has 0 bridgehead atoms. The van der Waals surface area contributed by atoms with Crippen LogP contribution in [-0.4, -0.2) is 16.0 Å². The highest BCUT2D eigenvalue weighted by atomic mass is 33.1. The van der Waals surface area contributed by atoms with Crippen molar-refractivity contribution in [2.45, 2.75) is 45.1 Å². The molecule has 0 aromatic carbocycles. The van der Waals surface area contributed by atoms with Gasteiger partial charge in [-0.15, -0.1) is 0 Å². The predicted octanol–water partition coefficient (Wildman–Crippen LogP) is 1.71. The molecule has 74 valence electrons. The zero-order valence-electron chi connectivity index (χ0n) is 7.62. The van der Waals surface area contributed by atoms with E-state index in [0.717, 1.165) is 0 Å². The molecular formula is C8H19NOS2. The van der Waals surface area contributed by atoms with Gasteiger partial charge in [0.05, 0.1) is 0 Å². The van der Waals surface area contributed by atoms with E-state index in [-0.39, 0.29) is 0 Å². The van der Waals surface area contributed by atoms with Gasteiger partial charge in [0.25, 0.3) is 0 Å². The minimum atomic E-state index is -2.30. The molecule has 0 spiro atoms. The molecule has 0 aromatic rings.